The van der Waals surface area contributed by atoms with Gasteiger partial charge in [0.15, 0.2) is 0 Å². The van der Waals surface area contributed by atoms with Crippen molar-refractivity contribution < 1.29 is 20.1 Å². The van der Waals surface area contributed by atoms with Gasteiger partial charge in [0.2, 0.25) is 0 Å². The molecule has 0 aliphatic carbocycles. The van der Waals surface area contributed by atoms with Crippen LogP contribution >= 0.6 is 0 Å². The summed E-state index contributed by atoms with van der Waals surface area (Å²) in [7, 11) is 0. The Morgan fingerprint density at radius 2 is 1.93 bits per heavy atom. The van der Waals surface area contributed by atoms with Crippen molar-refractivity contribution >= 4 is 0 Å². The van der Waals surface area contributed by atoms with Crippen LogP contribution in [0, 0.1) is 5.92 Å². The first-order chi connectivity index (χ1) is 6.52. The van der Waals surface area contributed by atoms with E-state index in [1.807, 2.05) is 13.8 Å². The maximum absolute atomic E-state index is 9.46. The van der Waals surface area contributed by atoms with Gasteiger partial charge in [-0.3, -0.25) is 0 Å². The largest absolute Gasteiger partial charge is 0.394 e. The molecule has 14 heavy (non-hydrogen) atoms. The lowest BCUT2D eigenvalue weighted by atomic mass is 9.97. The van der Waals surface area contributed by atoms with Gasteiger partial charge in [-0.2, -0.15) is 0 Å². The van der Waals surface area contributed by atoms with Gasteiger partial charge in [-0.15, -0.1) is 6.58 Å². The molecule has 0 saturated heterocycles. The highest BCUT2D eigenvalue weighted by Gasteiger charge is 2.25. The molecule has 3 atom stereocenters. The fourth-order valence-corrected chi connectivity index (χ4v) is 1.05. The topological polar surface area (TPSA) is 69.9 Å². The molecule has 0 heterocycles. The third-order valence-electron chi connectivity index (χ3n) is 1.98. The van der Waals surface area contributed by atoms with Crippen LogP contribution in [0.15, 0.2) is 12.7 Å². The van der Waals surface area contributed by atoms with Crippen LogP contribution in [0.2, 0.25) is 0 Å². The first kappa shape index (κ1) is 13.6. The number of rotatable bonds is 7. The Bertz CT molecular complexity index is 158. The zero-order valence-electron chi connectivity index (χ0n) is 8.76. The van der Waals surface area contributed by atoms with E-state index in [1.54, 1.807) is 0 Å². The lowest BCUT2D eigenvalue weighted by Gasteiger charge is -2.25. The van der Waals surface area contributed by atoms with E-state index >= 15 is 0 Å². The fourth-order valence-electron chi connectivity index (χ4n) is 1.05. The maximum Gasteiger partial charge on any atom is 0.0848 e. The summed E-state index contributed by atoms with van der Waals surface area (Å²) in [5.41, 5.74) is 0. The van der Waals surface area contributed by atoms with Crippen LogP contribution in [0.3, 0.4) is 0 Å². The summed E-state index contributed by atoms with van der Waals surface area (Å²) in [6.45, 7) is 6.96. The molecule has 0 aliphatic rings. The summed E-state index contributed by atoms with van der Waals surface area (Å²) < 4.78 is 5.27. The molecule has 0 fully saturated rings. The Labute approximate surface area is 84.8 Å². The van der Waals surface area contributed by atoms with Crippen LogP contribution in [0.5, 0.6) is 0 Å². The maximum atomic E-state index is 9.46. The normalized spacial score (nSPS) is 17.9. The molecule has 3 N–H and O–H groups in total. The lowest BCUT2D eigenvalue weighted by Crippen LogP contribution is -2.37. The summed E-state index contributed by atoms with van der Waals surface area (Å²) in [5.74, 6) is -0.528. The minimum absolute atomic E-state index is 0.0282. The SMILES string of the molecule is C=C[C@H](O)[C@H](COC(C)C)[C@@H](O)CO. The molecule has 4 nitrogen and oxygen atoms in total. The highest BCUT2D eigenvalue weighted by atomic mass is 16.5. The van der Waals surface area contributed by atoms with Crippen molar-refractivity contribution in [1.82, 2.24) is 0 Å². The van der Waals surface area contributed by atoms with E-state index in [2.05, 4.69) is 6.58 Å². The summed E-state index contributed by atoms with van der Waals surface area (Å²) >= 11 is 0. The third kappa shape index (κ3) is 4.72. The average Bonchev–Trinajstić information content (AvgIpc) is 2.16. The molecular weight excluding hydrogens is 184 g/mol. The van der Waals surface area contributed by atoms with Crippen molar-refractivity contribution in [3.63, 3.8) is 0 Å². The summed E-state index contributed by atoms with van der Waals surface area (Å²) in [6.07, 6.45) is -0.495. The summed E-state index contributed by atoms with van der Waals surface area (Å²) in [4.78, 5) is 0. The predicted molar refractivity (Wildman–Crippen MR) is 53.9 cm³/mol. The second kappa shape index (κ2) is 6.95. The van der Waals surface area contributed by atoms with Crippen LogP contribution in [-0.2, 0) is 4.74 Å². The molecule has 0 unspecified atom stereocenters. The molecule has 0 radical (unpaired) electrons. The van der Waals surface area contributed by atoms with Gasteiger partial charge >= 0.3 is 0 Å². The minimum Gasteiger partial charge on any atom is -0.394 e. The van der Waals surface area contributed by atoms with Gasteiger partial charge in [0.25, 0.3) is 0 Å². The molecule has 0 aromatic rings. The zero-order chi connectivity index (χ0) is 11.1. The van der Waals surface area contributed by atoms with Gasteiger partial charge in [0.1, 0.15) is 0 Å². The van der Waals surface area contributed by atoms with E-state index in [1.165, 1.54) is 6.08 Å². The lowest BCUT2D eigenvalue weighted by molar-refractivity contribution is -0.0542. The number of aliphatic hydroxyl groups excluding tert-OH is 3. The number of hydrogen-bond acceptors (Lipinski definition) is 4. The molecule has 0 amide bonds. The summed E-state index contributed by atoms with van der Waals surface area (Å²) in [6, 6.07) is 0. The average molecular weight is 204 g/mol. The van der Waals surface area contributed by atoms with Crippen LogP contribution in [0.4, 0.5) is 0 Å². The number of ether oxygens (including phenoxy) is 1. The van der Waals surface area contributed by atoms with E-state index in [4.69, 9.17) is 9.84 Å². The quantitative estimate of drug-likeness (QED) is 0.508. The highest BCUT2D eigenvalue weighted by Crippen LogP contribution is 2.12. The molecule has 4 heteroatoms. The Morgan fingerprint density at radius 3 is 2.29 bits per heavy atom. The molecule has 0 aliphatic heterocycles. The van der Waals surface area contributed by atoms with Crippen LogP contribution in [0.1, 0.15) is 13.8 Å². The van der Waals surface area contributed by atoms with Crippen molar-refractivity contribution in [1.29, 1.82) is 0 Å². The first-order valence-corrected chi connectivity index (χ1v) is 4.74. The Balaban J connectivity index is 4.17. The zero-order valence-corrected chi connectivity index (χ0v) is 8.76. The Hall–Kier alpha value is -0.420. The first-order valence-electron chi connectivity index (χ1n) is 4.74. The van der Waals surface area contributed by atoms with E-state index in [0.29, 0.717) is 0 Å². The van der Waals surface area contributed by atoms with E-state index in [-0.39, 0.29) is 12.7 Å². The summed E-state index contributed by atoms with van der Waals surface area (Å²) in [5, 5.41) is 27.6. The van der Waals surface area contributed by atoms with Crippen molar-refractivity contribution in [2.24, 2.45) is 5.92 Å². The molecular formula is C10H20O4. The molecule has 84 valence electrons. The van der Waals surface area contributed by atoms with Crippen molar-refractivity contribution in [3.05, 3.63) is 12.7 Å². The van der Waals surface area contributed by atoms with E-state index in [0.717, 1.165) is 0 Å². The number of hydrogen-bond donors (Lipinski definition) is 3. The minimum atomic E-state index is -0.984. The number of aliphatic hydroxyl groups is 3. The molecule has 0 bridgehead atoms. The fraction of sp³-hybridized carbons (Fsp3) is 0.800. The molecule has 0 rings (SSSR count). The molecule has 0 aromatic heterocycles. The van der Waals surface area contributed by atoms with Crippen molar-refractivity contribution in [2.45, 2.75) is 32.2 Å². The Kier molecular flexibility index (Phi) is 6.74. The van der Waals surface area contributed by atoms with Gasteiger partial charge in [0, 0.05) is 5.92 Å². The van der Waals surface area contributed by atoms with Crippen LogP contribution in [0.25, 0.3) is 0 Å². The monoisotopic (exact) mass is 204 g/mol. The van der Waals surface area contributed by atoms with E-state index < -0.39 is 24.7 Å². The Morgan fingerprint density at radius 1 is 1.36 bits per heavy atom. The molecule has 0 spiro atoms. The second-order valence-corrected chi connectivity index (χ2v) is 3.52. The van der Waals surface area contributed by atoms with Gasteiger partial charge in [-0.05, 0) is 13.8 Å². The van der Waals surface area contributed by atoms with Gasteiger partial charge in [-0.1, -0.05) is 6.08 Å². The van der Waals surface area contributed by atoms with Crippen molar-refractivity contribution in [2.75, 3.05) is 13.2 Å². The third-order valence-corrected chi connectivity index (χ3v) is 1.98. The predicted octanol–water partition coefficient (Wildman–Crippen LogP) is -0.0723. The molecule has 0 aromatic carbocycles. The van der Waals surface area contributed by atoms with Gasteiger partial charge in [-0.25, -0.2) is 0 Å². The highest BCUT2D eigenvalue weighted by molar-refractivity contribution is 4.87. The molecule has 0 saturated carbocycles. The van der Waals surface area contributed by atoms with Gasteiger partial charge in [0.05, 0.1) is 31.5 Å². The van der Waals surface area contributed by atoms with E-state index in [9.17, 15) is 10.2 Å². The van der Waals surface area contributed by atoms with Gasteiger partial charge < -0.3 is 20.1 Å². The smallest absolute Gasteiger partial charge is 0.0848 e. The van der Waals surface area contributed by atoms with Crippen LogP contribution in [-0.4, -0.2) is 46.8 Å². The van der Waals surface area contributed by atoms with Crippen LogP contribution < -0.4 is 0 Å². The standard InChI is InChI=1S/C10H20O4/c1-4-9(12)8(10(13)5-11)6-14-7(2)3/h4,7-13H,1,5-6H2,2-3H3/t8-,9-,10-/m0/s1. The second-order valence-electron chi connectivity index (χ2n) is 3.52. The van der Waals surface area contributed by atoms with Crippen molar-refractivity contribution in [3.8, 4) is 0 Å².